The zero-order valence-electron chi connectivity index (χ0n) is 8.42. The summed E-state index contributed by atoms with van der Waals surface area (Å²) in [6.45, 7) is 7.65. The molecular formula is C11H18O2. The fourth-order valence-corrected chi connectivity index (χ4v) is 1.02. The van der Waals surface area contributed by atoms with Gasteiger partial charge >= 0.3 is 5.97 Å². The Bertz CT molecular complexity index is 204. The predicted molar refractivity (Wildman–Crippen MR) is 54.6 cm³/mol. The Morgan fingerprint density at radius 3 is 2.69 bits per heavy atom. The molecule has 0 radical (unpaired) electrons. The second-order valence-electron chi connectivity index (χ2n) is 3.41. The first kappa shape index (κ1) is 11.9. The van der Waals surface area contributed by atoms with Crippen LogP contribution in [0.3, 0.4) is 0 Å². The largest absolute Gasteiger partial charge is 0.481 e. The molecule has 0 aliphatic heterocycles. The van der Waals surface area contributed by atoms with Crippen molar-refractivity contribution in [3.63, 3.8) is 0 Å². The van der Waals surface area contributed by atoms with Crippen LogP contribution in [0.1, 0.15) is 33.1 Å². The van der Waals surface area contributed by atoms with Crippen molar-refractivity contribution in [2.75, 3.05) is 0 Å². The molecule has 74 valence electrons. The Morgan fingerprint density at radius 1 is 1.62 bits per heavy atom. The van der Waals surface area contributed by atoms with Gasteiger partial charge in [-0.25, -0.2) is 0 Å². The highest BCUT2D eigenvalue weighted by molar-refractivity contribution is 5.69. The molecule has 2 heteroatoms. The molecule has 0 saturated heterocycles. The summed E-state index contributed by atoms with van der Waals surface area (Å²) in [5, 5.41) is 8.48. The fourth-order valence-electron chi connectivity index (χ4n) is 1.02. The highest BCUT2D eigenvalue weighted by Crippen LogP contribution is 2.09. The highest BCUT2D eigenvalue weighted by atomic mass is 16.4. The van der Waals surface area contributed by atoms with Crippen LogP contribution in [0.5, 0.6) is 0 Å². The van der Waals surface area contributed by atoms with E-state index in [0.29, 0.717) is 5.92 Å². The minimum atomic E-state index is -0.759. The molecule has 0 aromatic heterocycles. The van der Waals surface area contributed by atoms with Crippen molar-refractivity contribution in [1.82, 2.24) is 0 Å². The van der Waals surface area contributed by atoms with E-state index in [-0.39, 0.29) is 6.42 Å². The third-order valence-electron chi connectivity index (χ3n) is 1.95. The van der Waals surface area contributed by atoms with Gasteiger partial charge in [-0.2, -0.15) is 0 Å². The number of hydrogen-bond donors (Lipinski definition) is 1. The van der Waals surface area contributed by atoms with E-state index < -0.39 is 5.97 Å². The van der Waals surface area contributed by atoms with Crippen LogP contribution in [0.25, 0.3) is 0 Å². The van der Waals surface area contributed by atoms with Crippen LogP contribution in [0.15, 0.2) is 24.3 Å². The molecular weight excluding hydrogens is 164 g/mol. The Morgan fingerprint density at radius 2 is 2.23 bits per heavy atom. The Labute approximate surface area is 80.0 Å². The SMILES string of the molecule is C=CC(C)CCC=C(C)CC(=O)O. The lowest BCUT2D eigenvalue weighted by atomic mass is 10.0. The molecule has 1 unspecified atom stereocenters. The molecule has 1 N–H and O–H groups in total. The Hall–Kier alpha value is -1.05. The monoisotopic (exact) mass is 182 g/mol. The van der Waals surface area contributed by atoms with E-state index in [2.05, 4.69) is 13.5 Å². The van der Waals surface area contributed by atoms with E-state index in [9.17, 15) is 4.79 Å². The number of rotatable bonds is 6. The van der Waals surface area contributed by atoms with Crippen LogP contribution < -0.4 is 0 Å². The molecule has 0 spiro atoms. The lowest BCUT2D eigenvalue weighted by Gasteiger charge is -2.02. The predicted octanol–water partition coefficient (Wildman–Crippen LogP) is 3.01. The molecule has 0 amide bonds. The number of carboxylic acids is 1. The smallest absolute Gasteiger partial charge is 0.307 e. The van der Waals surface area contributed by atoms with Gasteiger partial charge in [0.05, 0.1) is 6.42 Å². The van der Waals surface area contributed by atoms with Gasteiger partial charge in [0, 0.05) is 0 Å². The van der Waals surface area contributed by atoms with Gasteiger partial charge in [-0.1, -0.05) is 24.6 Å². The van der Waals surface area contributed by atoms with Gasteiger partial charge in [0.25, 0.3) is 0 Å². The quantitative estimate of drug-likeness (QED) is 0.641. The lowest BCUT2D eigenvalue weighted by Crippen LogP contribution is -1.95. The van der Waals surface area contributed by atoms with Gasteiger partial charge in [-0.15, -0.1) is 6.58 Å². The maximum atomic E-state index is 10.3. The molecule has 2 nitrogen and oxygen atoms in total. The maximum Gasteiger partial charge on any atom is 0.307 e. The molecule has 0 aromatic carbocycles. The number of allylic oxidation sites excluding steroid dienone is 2. The first-order valence-electron chi connectivity index (χ1n) is 4.56. The molecule has 0 aromatic rings. The maximum absolute atomic E-state index is 10.3. The minimum Gasteiger partial charge on any atom is -0.481 e. The number of hydrogen-bond acceptors (Lipinski definition) is 1. The molecule has 0 heterocycles. The highest BCUT2D eigenvalue weighted by Gasteiger charge is 1.98. The molecule has 0 saturated carbocycles. The topological polar surface area (TPSA) is 37.3 Å². The molecule has 13 heavy (non-hydrogen) atoms. The summed E-state index contributed by atoms with van der Waals surface area (Å²) in [6.07, 6.45) is 6.05. The summed E-state index contributed by atoms with van der Waals surface area (Å²) in [5.74, 6) is -0.251. The summed E-state index contributed by atoms with van der Waals surface area (Å²) < 4.78 is 0. The summed E-state index contributed by atoms with van der Waals surface area (Å²) in [4.78, 5) is 10.3. The second kappa shape index (κ2) is 6.46. The van der Waals surface area contributed by atoms with Gasteiger partial charge in [0.1, 0.15) is 0 Å². The molecule has 0 bridgehead atoms. The van der Waals surface area contributed by atoms with Crippen molar-refractivity contribution in [2.24, 2.45) is 5.92 Å². The first-order chi connectivity index (χ1) is 6.06. The van der Waals surface area contributed by atoms with E-state index in [4.69, 9.17) is 5.11 Å². The van der Waals surface area contributed by atoms with Gasteiger partial charge in [-0.3, -0.25) is 4.79 Å². The first-order valence-corrected chi connectivity index (χ1v) is 4.56. The van der Waals surface area contributed by atoms with E-state index >= 15 is 0 Å². The normalized spacial score (nSPS) is 13.8. The van der Waals surface area contributed by atoms with Crippen LogP contribution >= 0.6 is 0 Å². The van der Waals surface area contributed by atoms with E-state index in [1.807, 2.05) is 19.1 Å². The van der Waals surface area contributed by atoms with E-state index in [1.165, 1.54) is 0 Å². The van der Waals surface area contributed by atoms with Crippen LogP contribution in [-0.2, 0) is 4.79 Å². The standard InChI is InChI=1S/C11H18O2/c1-4-9(2)6-5-7-10(3)8-11(12)13/h4,7,9H,1,5-6,8H2,2-3H3,(H,12,13). The molecule has 0 aliphatic carbocycles. The molecule has 0 fully saturated rings. The summed E-state index contributed by atoms with van der Waals surface area (Å²) in [6, 6.07) is 0. The number of carboxylic acid groups (broad SMARTS) is 1. The molecule has 0 aliphatic rings. The summed E-state index contributed by atoms with van der Waals surface area (Å²) in [7, 11) is 0. The number of aliphatic carboxylic acids is 1. The average molecular weight is 182 g/mol. The van der Waals surface area contributed by atoms with Crippen molar-refractivity contribution < 1.29 is 9.90 Å². The van der Waals surface area contributed by atoms with Crippen LogP contribution in [-0.4, -0.2) is 11.1 Å². The van der Waals surface area contributed by atoms with Crippen molar-refractivity contribution in [3.05, 3.63) is 24.3 Å². The van der Waals surface area contributed by atoms with Crippen LogP contribution in [0.2, 0.25) is 0 Å². The van der Waals surface area contributed by atoms with Gasteiger partial charge in [0.15, 0.2) is 0 Å². The lowest BCUT2D eigenvalue weighted by molar-refractivity contribution is -0.136. The van der Waals surface area contributed by atoms with E-state index in [1.54, 1.807) is 0 Å². The van der Waals surface area contributed by atoms with Crippen LogP contribution in [0.4, 0.5) is 0 Å². The Balaban J connectivity index is 3.70. The average Bonchev–Trinajstić information content (AvgIpc) is 2.02. The Kier molecular flexibility index (Phi) is 5.94. The number of carbonyl (C=O) groups is 1. The van der Waals surface area contributed by atoms with Crippen molar-refractivity contribution in [1.29, 1.82) is 0 Å². The van der Waals surface area contributed by atoms with E-state index in [0.717, 1.165) is 18.4 Å². The van der Waals surface area contributed by atoms with Crippen molar-refractivity contribution in [2.45, 2.75) is 33.1 Å². The van der Waals surface area contributed by atoms with Crippen LogP contribution in [0, 0.1) is 5.92 Å². The summed E-state index contributed by atoms with van der Waals surface area (Å²) in [5.41, 5.74) is 0.934. The molecule has 0 rings (SSSR count). The van der Waals surface area contributed by atoms with Gasteiger partial charge in [-0.05, 0) is 25.7 Å². The van der Waals surface area contributed by atoms with Gasteiger partial charge in [0.2, 0.25) is 0 Å². The van der Waals surface area contributed by atoms with Crippen molar-refractivity contribution in [3.8, 4) is 0 Å². The third-order valence-corrected chi connectivity index (χ3v) is 1.95. The molecule has 1 atom stereocenters. The fraction of sp³-hybridized carbons (Fsp3) is 0.545. The second-order valence-corrected chi connectivity index (χ2v) is 3.41. The minimum absolute atomic E-state index is 0.155. The third kappa shape index (κ3) is 7.32. The van der Waals surface area contributed by atoms with Gasteiger partial charge < -0.3 is 5.11 Å². The zero-order valence-corrected chi connectivity index (χ0v) is 8.42. The van der Waals surface area contributed by atoms with Crippen molar-refractivity contribution >= 4 is 5.97 Å². The zero-order chi connectivity index (χ0) is 10.3. The summed E-state index contributed by atoms with van der Waals surface area (Å²) >= 11 is 0.